The van der Waals surface area contributed by atoms with Crippen LogP contribution in [0, 0.1) is 32.6 Å². The van der Waals surface area contributed by atoms with Gasteiger partial charge in [0.05, 0.1) is 4.90 Å². The average molecular weight is 410 g/mol. The van der Waals surface area contributed by atoms with Crippen molar-refractivity contribution in [3.8, 4) is 0 Å². The monoisotopic (exact) mass is 409 g/mol. The van der Waals surface area contributed by atoms with Crippen molar-refractivity contribution in [2.75, 3.05) is 6.54 Å². The standard InChI is InChI=1S/C25H31NO2S/c1-16(2)24-23(21(7)22-11-9-8-10-12-22)20(6)15-26(24)29(27,28)25-18(4)13-17(3)14-19(25)5/h8-14,16,23-24H,6-7,15H2,1-5H3/t23-,24+/m1/s1. The summed E-state index contributed by atoms with van der Waals surface area (Å²) < 4.78 is 29.3. The second-order valence-corrected chi connectivity index (χ2v) is 10.4. The molecular weight excluding hydrogens is 378 g/mol. The third-order valence-electron chi connectivity index (χ3n) is 5.85. The van der Waals surface area contributed by atoms with E-state index in [2.05, 4.69) is 27.0 Å². The molecule has 0 amide bonds. The van der Waals surface area contributed by atoms with E-state index in [9.17, 15) is 8.42 Å². The van der Waals surface area contributed by atoms with Gasteiger partial charge in [0.15, 0.2) is 0 Å². The Bertz CT molecular complexity index is 1030. The summed E-state index contributed by atoms with van der Waals surface area (Å²) in [6.45, 7) is 18.8. The smallest absolute Gasteiger partial charge is 0.207 e. The van der Waals surface area contributed by atoms with E-state index in [1.54, 1.807) is 4.31 Å². The summed E-state index contributed by atoms with van der Waals surface area (Å²) >= 11 is 0. The SMILES string of the molecule is C=C1CN(S(=O)(=O)c2c(C)cc(C)cc2C)[C@@H](C(C)C)[C@H]1C(=C)c1ccccc1. The van der Waals surface area contributed by atoms with Gasteiger partial charge in [-0.15, -0.1) is 0 Å². The van der Waals surface area contributed by atoms with Crippen LogP contribution in [0.4, 0.5) is 0 Å². The second kappa shape index (κ2) is 7.92. The van der Waals surface area contributed by atoms with Crippen molar-refractivity contribution in [3.05, 3.63) is 83.4 Å². The number of benzene rings is 2. The number of aryl methyl sites for hydroxylation is 3. The van der Waals surface area contributed by atoms with Crippen molar-refractivity contribution in [2.45, 2.75) is 45.6 Å². The Labute approximate surface area is 175 Å². The molecule has 29 heavy (non-hydrogen) atoms. The Morgan fingerprint density at radius 3 is 2.14 bits per heavy atom. The lowest BCUT2D eigenvalue weighted by atomic mass is 9.81. The van der Waals surface area contributed by atoms with Crippen LogP contribution < -0.4 is 0 Å². The fourth-order valence-electron chi connectivity index (χ4n) is 4.75. The molecule has 154 valence electrons. The molecule has 1 aliphatic rings. The van der Waals surface area contributed by atoms with E-state index < -0.39 is 10.0 Å². The first-order valence-corrected chi connectivity index (χ1v) is 11.5. The van der Waals surface area contributed by atoms with Gasteiger partial charge in [-0.3, -0.25) is 0 Å². The third-order valence-corrected chi connectivity index (χ3v) is 8.00. The Balaban J connectivity index is 2.09. The number of hydrogen-bond donors (Lipinski definition) is 0. The Morgan fingerprint density at radius 2 is 1.62 bits per heavy atom. The molecule has 0 spiro atoms. The zero-order chi connectivity index (χ0) is 21.5. The normalized spacial score (nSPS) is 20.4. The van der Waals surface area contributed by atoms with Crippen LogP contribution in [-0.2, 0) is 10.0 Å². The fraction of sp³-hybridized carbons (Fsp3) is 0.360. The van der Waals surface area contributed by atoms with Crippen LogP contribution in [-0.4, -0.2) is 25.3 Å². The summed E-state index contributed by atoms with van der Waals surface area (Å²) in [7, 11) is -3.66. The van der Waals surface area contributed by atoms with Crippen molar-refractivity contribution >= 4 is 15.6 Å². The Morgan fingerprint density at radius 1 is 1.07 bits per heavy atom. The molecule has 0 saturated carbocycles. The molecule has 0 N–H and O–H groups in total. The molecule has 2 aromatic carbocycles. The predicted octanol–water partition coefficient (Wildman–Crippen LogP) is 5.53. The van der Waals surface area contributed by atoms with Crippen LogP contribution in [0.25, 0.3) is 5.57 Å². The zero-order valence-electron chi connectivity index (χ0n) is 18.1. The summed E-state index contributed by atoms with van der Waals surface area (Å²) in [4.78, 5) is 0.424. The lowest BCUT2D eigenvalue weighted by molar-refractivity contribution is 0.292. The van der Waals surface area contributed by atoms with Gasteiger partial charge in [-0.2, -0.15) is 4.31 Å². The topological polar surface area (TPSA) is 37.4 Å². The van der Waals surface area contributed by atoms with Crippen LogP contribution in [0.3, 0.4) is 0 Å². The molecule has 0 aromatic heterocycles. The highest BCUT2D eigenvalue weighted by atomic mass is 32.2. The zero-order valence-corrected chi connectivity index (χ0v) is 18.9. The van der Waals surface area contributed by atoms with Gasteiger partial charge >= 0.3 is 0 Å². The number of sulfonamides is 1. The van der Waals surface area contributed by atoms with Crippen molar-refractivity contribution in [1.82, 2.24) is 4.31 Å². The number of hydrogen-bond acceptors (Lipinski definition) is 2. The van der Waals surface area contributed by atoms with Crippen molar-refractivity contribution < 1.29 is 8.42 Å². The number of rotatable bonds is 5. The number of nitrogens with zero attached hydrogens (tertiary/aromatic N) is 1. The minimum absolute atomic E-state index is 0.0989. The molecule has 2 aromatic rings. The Kier molecular flexibility index (Phi) is 5.88. The fourth-order valence-corrected chi connectivity index (χ4v) is 6.94. The van der Waals surface area contributed by atoms with Gasteiger partial charge in [0, 0.05) is 18.5 Å². The van der Waals surface area contributed by atoms with Crippen molar-refractivity contribution in [3.63, 3.8) is 0 Å². The largest absolute Gasteiger partial charge is 0.244 e. The summed E-state index contributed by atoms with van der Waals surface area (Å²) in [5.41, 5.74) is 5.53. The van der Waals surface area contributed by atoms with E-state index in [4.69, 9.17) is 0 Å². The summed E-state index contributed by atoms with van der Waals surface area (Å²) in [5, 5.41) is 0. The maximum atomic E-state index is 13.8. The predicted molar refractivity (Wildman–Crippen MR) is 121 cm³/mol. The molecule has 1 heterocycles. The van der Waals surface area contributed by atoms with Gasteiger partial charge < -0.3 is 0 Å². The first-order valence-electron chi connectivity index (χ1n) is 10.1. The second-order valence-electron chi connectivity index (χ2n) is 8.54. The summed E-state index contributed by atoms with van der Waals surface area (Å²) in [6.07, 6.45) is 0. The van der Waals surface area contributed by atoms with Crippen molar-refractivity contribution in [2.24, 2.45) is 11.8 Å². The van der Waals surface area contributed by atoms with E-state index in [1.165, 1.54) is 0 Å². The molecule has 1 aliphatic heterocycles. The summed E-state index contributed by atoms with van der Waals surface area (Å²) in [5.74, 6) is 0.0267. The molecule has 4 heteroatoms. The van der Waals surface area contributed by atoms with Crippen LogP contribution in [0.1, 0.15) is 36.1 Å². The molecular formula is C25H31NO2S. The minimum Gasteiger partial charge on any atom is -0.207 e. The molecule has 1 saturated heterocycles. The highest BCUT2D eigenvalue weighted by molar-refractivity contribution is 7.89. The van der Waals surface area contributed by atoms with Gasteiger partial charge in [-0.05, 0) is 49.0 Å². The maximum absolute atomic E-state index is 13.8. The quantitative estimate of drug-likeness (QED) is 0.609. The highest BCUT2D eigenvalue weighted by Crippen LogP contribution is 2.44. The third kappa shape index (κ3) is 3.84. The maximum Gasteiger partial charge on any atom is 0.244 e. The van der Waals surface area contributed by atoms with Gasteiger partial charge in [-0.25, -0.2) is 8.42 Å². The van der Waals surface area contributed by atoms with Gasteiger partial charge in [0.1, 0.15) is 0 Å². The molecule has 1 fully saturated rings. The molecule has 0 aliphatic carbocycles. The van der Waals surface area contributed by atoms with Crippen LogP contribution in [0.5, 0.6) is 0 Å². The van der Waals surface area contributed by atoms with E-state index in [-0.39, 0.29) is 17.9 Å². The van der Waals surface area contributed by atoms with Crippen LogP contribution in [0.15, 0.2) is 66.1 Å². The first kappa shape index (κ1) is 21.5. The van der Waals surface area contributed by atoms with Crippen LogP contribution >= 0.6 is 0 Å². The molecule has 3 rings (SSSR count). The first-order chi connectivity index (χ1) is 13.6. The van der Waals surface area contributed by atoms with Gasteiger partial charge in [0.2, 0.25) is 10.0 Å². The average Bonchev–Trinajstić information content (AvgIpc) is 2.99. The molecule has 3 nitrogen and oxygen atoms in total. The Hall–Kier alpha value is -2.17. The lowest BCUT2D eigenvalue weighted by Crippen LogP contribution is -2.41. The minimum atomic E-state index is -3.66. The van der Waals surface area contributed by atoms with E-state index in [1.807, 2.05) is 63.2 Å². The molecule has 0 radical (unpaired) electrons. The van der Waals surface area contributed by atoms with E-state index in [0.29, 0.717) is 11.4 Å². The molecule has 2 atom stereocenters. The van der Waals surface area contributed by atoms with E-state index >= 15 is 0 Å². The molecule has 0 bridgehead atoms. The van der Waals surface area contributed by atoms with Gasteiger partial charge in [0.25, 0.3) is 0 Å². The lowest BCUT2D eigenvalue weighted by Gasteiger charge is -2.32. The molecule has 0 unspecified atom stereocenters. The van der Waals surface area contributed by atoms with Crippen LogP contribution in [0.2, 0.25) is 0 Å². The van der Waals surface area contributed by atoms with Gasteiger partial charge in [-0.1, -0.05) is 80.6 Å². The summed E-state index contributed by atoms with van der Waals surface area (Å²) in [6, 6.07) is 13.7. The highest BCUT2D eigenvalue weighted by Gasteiger charge is 2.46. The van der Waals surface area contributed by atoms with E-state index in [0.717, 1.165) is 33.4 Å². The van der Waals surface area contributed by atoms with Crippen molar-refractivity contribution in [1.29, 1.82) is 0 Å².